The van der Waals surface area contributed by atoms with E-state index in [-0.39, 0.29) is 18.6 Å². The van der Waals surface area contributed by atoms with Gasteiger partial charge in [0.25, 0.3) is 0 Å². The van der Waals surface area contributed by atoms with Gasteiger partial charge in [-0.15, -0.1) is 0 Å². The number of rotatable bonds is 4. The van der Waals surface area contributed by atoms with Crippen LogP contribution in [-0.2, 0) is 11.2 Å². The van der Waals surface area contributed by atoms with Crippen molar-refractivity contribution < 1.29 is 29.6 Å². The maximum atomic E-state index is 12.7. The number of aliphatic hydroxyl groups is 3. The van der Waals surface area contributed by atoms with E-state index in [0.29, 0.717) is 24.5 Å². The van der Waals surface area contributed by atoms with Crippen LogP contribution in [-0.4, -0.2) is 58.3 Å². The number of nitrogens with zero attached hydrogens (tertiary/aromatic N) is 1. The Morgan fingerprint density at radius 1 is 1.18 bits per heavy atom. The maximum Gasteiger partial charge on any atom is 0.235 e. The zero-order chi connectivity index (χ0) is 21.3. The molecule has 7 heteroatoms. The second kappa shape index (κ2) is 8.37. The zero-order valence-corrected chi connectivity index (χ0v) is 17.7. The molecule has 3 rings (SSSR count). The molecule has 1 aromatic carbocycles. The fraction of sp³-hybridized carbons (Fsp3) is 0.667. The van der Waals surface area contributed by atoms with Crippen LogP contribution < -0.4 is 9.47 Å². The second-order valence-corrected chi connectivity index (χ2v) is 7.79. The molecule has 0 aromatic heterocycles. The topological polar surface area (TPSA) is 99.5 Å². The number of hydrogen-bond donors (Lipinski definition) is 3. The highest BCUT2D eigenvalue weighted by Gasteiger charge is 2.54. The highest BCUT2D eigenvalue weighted by molar-refractivity contribution is 5.84. The number of piperidine rings is 1. The van der Waals surface area contributed by atoms with E-state index in [1.807, 2.05) is 26.0 Å². The summed E-state index contributed by atoms with van der Waals surface area (Å²) < 4.78 is 10.7. The van der Waals surface area contributed by atoms with Crippen LogP contribution in [0.5, 0.6) is 11.5 Å². The summed E-state index contributed by atoms with van der Waals surface area (Å²) in [4.78, 5) is 14.3. The van der Waals surface area contributed by atoms with E-state index >= 15 is 0 Å². The Bertz CT molecular complexity index is 710. The predicted molar refractivity (Wildman–Crippen MR) is 105 cm³/mol. The number of carbonyl (C=O) groups is 1. The predicted octanol–water partition coefficient (Wildman–Crippen LogP) is 2.02. The molecule has 0 unspecified atom stereocenters. The van der Waals surface area contributed by atoms with Gasteiger partial charge in [0, 0.05) is 19.0 Å². The first-order chi connectivity index (χ1) is 13.1. The van der Waals surface area contributed by atoms with E-state index < -0.39 is 23.5 Å². The molecule has 2 aliphatic rings. The minimum absolute atomic E-state index is 0.0131. The lowest BCUT2D eigenvalue weighted by Gasteiger charge is -2.51. The van der Waals surface area contributed by atoms with Crippen LogP contribution in [0.25, 0.3) is 0 Å². The van der Waals surface area contributed by atoms with Gasteiger partial charge in [0.05, 0.1) is 25.7 Å². The molecule has 7 nitrogen and oxygen atoms in total. The minimum Gasteiger partial charge on any atom is -0.493 e. The van der Waals surface area contributed by atoms with Gasteiger partial charge in [-0.3, -0.25) is 4.79 Å². The Balaban J connectivity index is 0.00000136. The molecular weight excluding hydrogens is 362 g/mol. The van der Waals surface area contributed by atoms with Crippen molar-refractivity contribution in [2.75, 3.05) is 20.8 Å². The highest BCUT2D eigenvalue weighted by atomic mass is 16.5. The molecule has 1 aromatic rings. The van der Waals surface area contributed by atoms with E-state index in [1.54, 1.807) is 33.0 Å². The average molecular weight is 395 g/mol. The number of ether oxygens (including phenoxy) is 2. The Morgan fingerprint density at radius 2 is 1.75 bits per heavy atom. The molecule has 2 atom stereocenters. The van der Waals surface area contributed by atoms with Crippen molar-refractivity contribution in [3.8, 4) is 11.5 Å². The van der Waals surface area contributed by atoms with Gasteiger partial charge in [-0.2, -0.15) is 0 Å². The first-order valence-electron chi connectivity index (χ1n) is 9.80. The first-order valence-corrected chi connectivity index (χ1v) is 9.80. The highest BCUT2D eigenvalue weighted by Crippen LogP contribution is 2.47. The molecule has 1 fully saturated rings. The van der Waals surface area contributed by atoms with Crippen molar-refractivity contribution in [3.05, 3.63) is 23.3 Å². The summed E-state index contributed by atoms with van der Waals surface area (Å²) in [5, 5.41) is 31.7. The molecule has 158 valence electrons. The monoisotopic (exact) mass is 395 g/mol. The lowest BCUT2D eigenvalue weighted by molar-refractivity contribution is -0.316. The molecule has 0 bridgehead atoms. The van der Waals surface area contributed by atoms with Crippen LogP contribution in [0.3, 0.4) is 0 Å². The van der Waals surface area contributed by atoms with Crippen LogP contribution in [0.4, 0.5) is 0 Å². The third-order valence-corrected chi connectivity index (χ3v) is 5.38. The number of benzene rings is 1. The maximum absolute atomic E-state index is 12.7. The summed E-state index contributed by atoms with van der Waals surface area (Å²) in [5.41, 5.74) is 0.679. The van der Waals surface area contributed by atoms with Crippen LogP contribution in [0.2, 0.25) is 0 Å². The summed E-state index contributed by atoms with van der Waals surface area (Å²) in [5.74, 6) is -2.46. The van der Waals surface area contributed by atoms with Crippen LogP contribution in [0.1, 0.15) is 57.7 Å². The van der Waals surface area contributed by atoms with Gasteiger partial charge in [0.1, 0.15) is 5.78 Å². The van der Waals surface area contributed by atoms with Crippen molar-refractivity contribution in [1.29, 1.82) is 0 Å². The molecular formula is C21H33NO6. The summed E-state index contributed by atoms with van der Waals surface area (Å²) in [6.07, 6.45) is 0.741. The van der Waals surface area contributed by atoms with Crippen LogP contribution in [0.15, 0.2) is 12.1 Å². The van der Waals surface area contributed by atoms with E-state index in [0.717, 1.165) is 11.1 Å². The van der Waals surface area contributed by atoms with Gasteiger partial charge >= 0.3 is 0 Å². The van der Waals surface area contributed by atoms with Crippen molar-refractivity contribution in [2.24, 2.45) is 5.92 Å². The van der Waals surface area contributed by atoms with Gasteiger partial charge in [-0.25, -0.2) is 4.90 Å². The Hall–Kier alpha value is -1.67. The number of Topliss-reactive ketones (excluding diaryl/α,β-unsaturated/α-hetero) is 1. The third kappa shape index (κ3) is 4.17. The summed E-state index contributed by atoms with van der Waals surface area (Å²) in [6, 6.07) is 3.25. The minimum atomic E-state index is -2.30. The molecule has 0 radical (unpaired) electrons. The zero-order valence-electron chi connectivity index (χ0n) is 17.7. The number of methoxy groups -OCH3 is 2. The number of fused-ring (bicyclic) bond motifs is 3. The number of hydrogen-bond acceptors (Lipinski definition) is 7. The average Bonchev–Trinajstić information content (AvgIpc) is 2.64. The summed E-state index contributed by atoms with van der Waals surface area (Å²) in [7, 11) is 3.11. The normalized spacial score (nSPS) is 23.8. The van der Waals surface area contributed by atoms with E-state index in [2.05, 4.69) is 0 Å². The smallest absolute Gasteiger partial charge is 0.235 e. The summed E-state index contributed by atoms with van der Waals surface area (Å²) >= 11 is 0. The molecule has 0 amide bonds. The molecule has 2 aliphatic heterocycles. The van der Waals surface area contributed by atoms with E-state index in [9.17, 15) is 20.1 Å². The van der Waals surface area contributed by atoms with Crippen LogP contribution in [0, 0.1) is 5.92 Å². The fourth-order valence-electron chi connectivity index (χ4n) is 4.14. The lowest BCUT2D eigenvalue weighted by Crippen LogP contribution is -2.63. The van der Waals surface area contributed by atoms with Crippen LogP contribution >= 0.6 is 0 Å². The van der Waals surface area contributed by atoms with E-state index in [1.165, 1.54) is 0 Å². The fourth-order valence-corrected chi connectivity index (χ4v) is 4.14. The van der Waals surface area contributed by atoms with Crippen molar-refractivity contribution in [1.82, 2.24) is 4.90 Å². The van der Waals surface area contributed by atoms with Crippen molar-refractivity contribution >= 4 is 5.78 Å². The number of carbonyl (C=O) groups excluding carboxylic acids is 1. The van der Waals surface area contributed by atoms with Gasteiger partial charge in [-0.1, -0.05) is 13.8 Å². The molecule has 0 aliphatic carbocycles. The molecule has 1 saturated heterocycles. The molecule has 2 heterocycles. The standard InChI is InChI=1S/C19H27NO6.C2H6/c1-18(2,22)10-13-15(21)9-14-12-8-17(26-4)16(25-3)7-11(12)5-6-20(14)19(13,23)24;1-2/h7-8,13-14,22-24H,5-6,9-10H2,1-4H3;1-2H3/t13-,14+;/m1./s1. The molecule has 0 saturated carbocycles. The Kier molecular flexibility index (Phi) is 6.76. The van der Waals surface area contributed by atoms with Gasteiger partial charge in [0.15, 0.2) is 11.5 Å². The van der Waals surface area contributed by atoms with Gasteiger partial charge < -0.3 is 24.8 Å². The largest absolute Gasteiger partial charge is 0.493 e. The van der Waals surface area contributed by atoms with Gasteiger partial charge in [0.2, 0.25) is 5.91 Å². The third-order valence-electron chi connectivity index (χ3n) is 5.38. The quantitative estimate of drug-likeness (QED) is 0.671. The second-order valence-electron chi connectivity index (χ2n) is 7.79. The van der Waals surface area contributed by atoms with Crippen molar-refractivity contribution in [3.63, 3.8) is 0 Å². The Morgan fingerprint density at radius 3 is 2.29 bits per heavy atom. The first kappa shape index (κ1) is 22.6. The summed E-state index contributed by atoms with van der Waals surface area (Å²) in [6.45, 7) is 7.52. The van der Waals surface area contributed by atoms with Crippen molar-refractivity contribution in [2.45, 2.75) is 64.5 Å². The molecule has 0 spiro atoms. The SMILES string of the molecule is CC.COc1cc2c(cc1OC)[C@@H]1CC(=O)[C@@H](CC(C)(C)O)C(O)(O)N1CC2. The Labute approximate surface area is 166 Å². The number of ketones is 1. The van der Waals surface area contributed by atoms with E-state index in [4.69, 9.17) is 9.47 Å². The van der Waals surface area contributed by atoms with Gasteiger partial charge in [-0.05, 0) is 49.9 Å². The molecule has 3 N–H and O–H groups in total. The molecule has 28 heavy (non-hydrogen) atoms. The lowest BCUT2D eigenvalue weighted by atomic mass is 9.76.